The second kappa shape index (κ2) is 7.57. The van der Waals surface area contributed by atoms with E-state index in [1.807, 2.05) is 31.2 Å². The molecular formula is C22H23ClN2O2. The van der Waals surface area contributed by atoms with Crippen LogP contribution in [-0.2, 0) is 11.8 Å². The summed E-state index contributed by atoms with van der Waals surface area (Å²) in [6.07, 6.45) is 0.741. The third-order valence-electron chi connectivity index (χ3n) is 4.34. The van der Waals surface area contributed by atoms with Gasteiger partial charge in [0.1, 0.15) is 0 Å². The Hall–Kier alpha value is -2.59. The average molecular weight is 383 g/mol. The first-order chi connectivity index (χ1) is 12.8. The fourth-order valence-electron chi connectivity index (χ4n) is 2.68. The maximum absolute atomic E-state index is 12.6. The van der Waals surface area contributed by atoms with E-state index < -0.39 is 5.97 Å². The van der Waals surface area contributed by atoms with Crippen molar-refractivity contribution in [3.8, 4) is 11.6 Å². The minimum absolute atomic E-state index is 0.0334. The van der Waals surface area contributed by atoms with Gasteiger partial charge in [-0.2, -0.15) is 5.10 Å². The molecule has 0 saturated carbocycles. The highest BCUT2D eigenvalue weighted by Gasteiger charge is 2.18. The van der Waals surface area contributed by atoms with Crippen LogP contribution in [-0.4, -0.2) is 15.7 Å². The van der Waals surface area contributed by atoms with Gasteiger partial charge in [0.25, 0.3) is 0 Å². The molecule has 0 atom stereocenters. The van der Waals surface area contributed by atoms with Crippen molar-refractivity contribution < 1.29 is 9.53 Å². The zero-order valence-corrected chi connectivity index (χ0v) is 16.7. The molecule has 0 radical (unpaired) electrons. The van der Waals surface area contributed by atoms with Crippen LogP contribution < -0.4 is 4.74 Å². The van der Waals surface area contributed by atoms with Crippen LogP contribution in [0.4, 0.5) is 0 Å². The van der Waals surface area contributed by atoms with Gasteiger partial charge in [-0.25, -0.2) is 9.48 Å². The van der Waals surface area contributed by atoms with Crippen LogP contribution >= 0.6 is 11.6 Å². The molecule has 0 spiro atoms. The van der Waals surface area contributed by atoms with Crippen molar-refractivity contribution in [1.82, 2.24) is 9.78 Å². The first-order valence-electron chi connectivity index (χ1n) is 8.95. The molecule has 0 aliphatic carbocycles. The zero-order chi connectivity index (χ0) is 19.6. The molecule has 0 aliphatic heterocycles. The highest BCUT2D eigenvalue weighted by atomic mass is 35.5. The number of carbonyl (C=O) groups excluding carboxylic acids is 1. The minimum atomic E-state index is -0.409. The number of rotatable bonds is 4. The number of esters is 1. The van der Waals surface area contributed by atoms with E-state index in [1.165, 1.54) is 5.56 Å². The maximum Gasteiger partial charge on any atom is 0.344 e. The van der Waals surface area contributed by atoms with Crippen LogP contribution in [0, 0.1) is 0 Å². The van der Waals surface area contributed by atoms with E-state index in [0.717, 1.165) is 17.8 Å². The summed E-state index contributed by atoms with van der Waals surface area (Å²) in [5, 5.41) is 5.16. The number of aryl methyl sites for hydroxylation is 1. The van der Waals surface area contributed by atoms with Gasteiger partial charge in [0.15, 0.2) is 0 Å². The van der Waals surface area contributed by atoms with Crippen molar-refractivity contribution >= 4 is 17.6 Å². The smallest absolute Gasteiger partial charge is 0.344 e. The molecule has 2 aromatic carbocycles. The second-order valence-corrected chi connectivity index (χ2v) is 7.87. The second-order valence-electron chi connectivity index (χ2n) is 7.43. The van der Waals surface area contributed by atoms with Gasteiger partial charge < -0.3 is 4.74 Å². The van der Waals surface area contributed by atoms with E-state index in [9.17, 15) is 4.79 Å². The molecule has 27 heavy (non-hydrogen) atoms. The number of ether oxygens (including phenoxy) is 1. The quantitative estimate of drug-likeness (QED) is 0.551. The number of aromatic nitrogens is 2. The molecule has 0 bridgehead atoms. The lowest BCUT2D eigenvalue weighted by Crippen LogP contribution is -2.14. The van der Waals surface area contributed by atoms with E-state index >= 15 is 0 Å². The Bertz CT molecular complexity index is 936. The predicted molar refractivity (Wildman–Crippen MR) is 108 cm³/mol. The van der Waals surface area contributed by atoms with Gasteiger partial charge in [0, 0.05) is 11.1 Å². The topological polar surface area (TPSA) is 44.1 Å². The van der Waals surface area contributed by atoms with Crippen LogP contribution in [0.25, 0.3) is 5.69 Å². The van der Waals surface area contributed by atoms with Crippen molar-refractivity contribution in [2.45, 2.75) is 39.5 Å². The van der Waals surface area contributed by atoms with Crippen molar-refractivity contribution in [1.29, 1.82) is 0 Å². The molecule has 0 saturated heterocycles. The first kappa shape index (κ1) is 19.2. The lowest BCUT2D eigenvalue weighted by atomic mass is 9.87. The van der Waals surface area contributed by atoms with E-state index in [2.05, 4.69) is 25.9 Å². The van der Waals surface area contributed by atoms with Gasteiger partial charge >= 0.3 is 5.97 Å². The van der Waals surface area contributed by atoms with Gasteiger partial charge in [-0.3, -0.25) is 0 Å². The molecule has 3 rings (SSSR count). The standard InChI is InChI=1S/C22H23ClN2O2/c1-5-18-14-20(25(24-18)19-12-10-17(23)11-13-19)27-21(26)15-6-8-16(9-7-15)22(2,3)4/h6-14H,5H2,1-4H3. The lowest BCUT2D eigenvalue weighted by molar-refractivity contribution is 0.0723. The highest BCUT2D eigenvalue weighted by Crippen LogP contribution is 2.24. The van der Waals surface area contributed by atoms with Crippen LogP contribution in [0.15, 0.2) is 54.6 Å². The number of nitrogens with zero attached hydrogens (tertiary/aromatic N) is 2. The summed E-state index contributed by atoms with van der Waals surface area (Å²) in [6, 6.07) is 16.5. The largest absolute Gasteiger partial charge is 0.404 e. The minimum Gasteiger partial charge on any atom is -0.404 e. The van der Waals surface area contributed by atoms with Crippen molar-refractivity contribution in [2.24, 2.45) is 0 Å². The summed E-state index contributed by atoms with van der Waals surface area (Å²) in [5.74, 6) is -0.0210. The van der Waals surface area contributed by atoms with Crippen molar-refractivity contribution in [2.75, 3.05) is 0 Å². The normalized spacial score (nSPS) is 11.4. The zero-order valence-electron chi connectivity index (χ0n) is 16.0. The van der Waals surface area contributed by atoms with Crippen LogP contribution in [0.1, 0.15) is 49.3 Å². The Morgan fingerprint density at radius 1 is 1.07 bits per heavy atom. The number of hydrogen-bond acceptors (Lipinski definition) is 3. The highest BCUT2D eigenvalue weighted by molar-refractivity contribution is 6.30. The van der Waals surface area contributed by atoms with Crippen molar-refractivity contribution in [3.63, 3.8) is 0 Å². The van der Waals surface area contributed by atoms with Gasteiger partial charge in [-0.15, -0.1) is 0 Å². The molecule has 0 amide bonds. The molecule has 0 unspecified atom stereocenters. The Kier molecular flexibility index (Phi) is 5.38. The molecule has 0 N–H and O–H groups in total. The molecule has 0 aliphatic rings. The van der Waals surface area contributed by atoms with E-state index in [1.54, 1.807) is 35.0 Å². The van der Waals surface area contributed by atoms with E-state index in [0.29, 0.717) is 16.5 Å². The van der Waals surface area contributed by atoms with E-state index in [4.69, 9.17) is 16.3 Å². The Morgan fingerprint density at radius 3 is 2.26 bits per heavy atom. The van der Waals surface area contributed by atoms with Crippen LogP contribution in [0.2, 0.25) is 5.02 Å². The molecular weight excluding hydrogens is 360 g/mol. The lowest BCUT2D eigenvalue weighted by Gasteiger charge is -2.18. The Morgan fingerprint density at radius 2 is 1.70 bits per heavy atom. The first-order valence-corrected chi connectivity index (χ1v) is 9.33. The third kappa shape index (κ3) is 4.40. The summed E-state index contributed by atoms with van der Waals surface area (Å²) < 4.78 is 7.27. The summed E-state index contributed by atoms with van der Waals surface area (Å²) >= 11 is 5.97. The maximum atomic E-state index is 12.6. The molecule has 1 aromatic heterocycles. The van der Waals surface area contributed by atoms with Gasteiger partial charge in [-0.1, -0.05) is 51.4 Å². The third-order valence-corrected chi connectivity index (χ3v) is 4.60. The summed E-state index contributed by atoms with van der Waals surface area (Å²) in [6.45, 7) is 8.41. The molecule has 0 fully saturated rings. The summed E-state index contributed by atoms with van der Waals surface area (Å²) in [4.78, 5) is 12.6. The Labute approximate surface area is 164 Å². The number of hydrogen-bond donors (Lipinski definition) is 0. The number of benzene rings is 2. The van der Waals surface area contributed by atoms with Crippen LogP contribution in [0.3, 0.4) is 0 Å². The molecule has 4 nitrogen and oxygen atoms in total. The van der Waals surface area contributed by atoms with Gasteiger partial charge in [0.2, 0.25) is 5.88 Å². The predicted octanol–water partition coefficient (Wildman–Crippen LogP) is 5.60. The summed E-state index contributed by atoms with van der Waals surface area (Å²) in [7, 11) is 0. The fourth-order valence-corrected chi connectivity index (χ4v) is 2.81. The van der Waals surface area contributed by atoms with Crippen molar-refractivity contribution in [3.05, 3.63) is 76.4 Å². The number of halogens is 1. The number of carbonyl (C=O) groups is 1. The molecule has 3 aromatic rings. The van der Waals surface area contributed by atoms with Crippen LogP contribution in [0.5, 0.6) is 5.88 Å². The Balaban J connectivity index is 1.87. The SMILES string of the molecule is CCc1cc(OC(=O)c2ccc(C(C)(C)C)cc2)n(-c2ccc(Cl)cc2)n1. The fraction of sp³-hybridized carbons (Fsp3) is 0.273. The molecule has 1 heterocycles. The van der Waals surface area contributed by atoms with Gasteiger partial charge in [-0.05, 0) is 53.8 Å². The van der Waals surface area contributed by atoms with Gasteiger partial charge in [0.05, 0.1) is 16.9 Å². The average Bonchev–Trinajstić information content (AvgIpc) is 3.04. The van der Waals surface area contributed by atoms with E-state index in [-0.39, 0.29) is 5.41 Å². The molecule has 5 heteroatoms. The molecule has 140 valence electrons. The monoisotopic (exact) mass is 382 g/mol. The summed E-state index contributed by atoms with van der Waals surface area (Å²) in [5.41, 5.74) is 3.33.